The molecule has 4 heteroatoms. The number of allylic oxidation sites excluding steroid dienone is 4. The summed E-state index contributed by atoms with van der Waals surface area (Å²) >= 11 is 6.81. The summed E-state index contributed by atoms with van der Waals surface area (Å²) in [6.07, 6.45) is 11.0. The monoisotopic (exact) mass is 629 g/mol. The van der Waals surface area contributed by atoms with Gasteiger partial charge in [0.1, 0.15) is 0 Å². The van der Waals surface area contributed by atoms with Crippen molar-refractivity contribution in [1.82, 2.24) is 0 Å². The van der Waals surface area contributed by atoms with Crippen LogP contribution in [0.1, 0.15) is 70.2 Å². The van der Waals surface area contributed by atoms with Gasteiger partial charge in [-0.25, -0.2) is 12.2 Å². The molecule has 0 amide bonds. The molecule has 0 spiro atoms. The van der Waals surface area contributed by atoms with Gasteiger partial charge >= 0.3 is 28.4 Å². The van der Waals surface area contributed by atoms with Crippen molar-refractivity contribution in [3.05, 3.63) is 118 Å². The van der Waals surface area contributed by atoms with Crippen molar-refractivity contribution in [2.45, 2.75) is 65.2 Å². The van der Waals surface area contributed by atoms with Crippen molar-refractivity contribution in [3.63, 3.8) is 0 Å². The van der Waals surface area contributed by atoms with E-state index in [1.54, 1.807) is 6.07 Å². The number of hydrogen-bond donors (Lipinski definition) is 0. The first-order valence-electron chi connectivity index (χ1n) is 11.9. The Balaban J connectivity index is 0.000000668. The van der Waals surface area contributed by atoms with Crippen LogP contribution in [0.15, 0.2) is 72.8 Å². The summed E-state index contributed by atoms with van der Waals surface area (Å²) < 4.78 is 3.34. The molecule has 0 atom stereocenters. The summed E-state index contributed by atoms with van der Waals surface area (Å²) in [5, 5.41) is 0.738. The summed E-state index contributed by atoms with van der Waals surface area (Å²) in [4.78, 5) is 0. The molecule has 0 heterocycles. The maximum atomic E-state index is 5.51. The molecule has 0 fully saturated rings. The minimum atomic E-state index is 0. The first kappa shape index (κ1) is 35.8. The Labute approximate surface area is 257 Å². The topological polar surface area (TPSA) is 0 Å². The van der Waals surface area contributed by atoms with E-state index in [9.17, 15) is 0 Å². The van der Waals surface area contributed by atoms with Gasteiger partial charge in [0.05, 0.1) is 0 Å². The Bertz CT molecular complexity index is 1080. The molecule has 198 valence electrons. The van der Waals surface area contributed by atoms with E-state index in [0.29, 0.717) is 0 Å². The van der Waals surface area contributed by atoms with Crippen LogP contribution < -0.4 is 0 Å². The van der Waals surface area contributed by atoms with Gasteiger partial charge in [-0.3, -0.25) is 6.08 Å². The molecule has 2 aliphatic rings. The van der Waals surface area contributed by atoms with Crippen LogP contribution in [0.2, 0.25) is 5.02 Å². The van der Waals surface area contributed by atoms with Crippen molar-refractivity contribution >= 4 is 40.6 Å². The molecule has 0 N–H and O–H groups in total. The standard InChI is InChI=1S/C21H25.C6H4Cl.C5H5.CH2.2ClH.Zr/c1-20(2,3)16-7-9-18-14(12-16)11-15-13-17(21(4,5)6)8-10-19(15)18;7-6-4-2-1-3-5-6;1-2-4-5-3-1;;;;/h7-10,12H,11H2,1-6H3;1-2,4-5H;1-3H,4H2;1H2;2*1H;/q3*-1;;;;. The molecule has 0 unspecified atom stereocenters. The van der Waals surface area contributed by atoms with E-state index in [2.05, 4.69) is 100 Å². The Morgan fingerprint density at radius 1 is 0.892 bits per heavy atom. The molecular formula is C33H38Cl3Zr-3. The van der Waals surface area contributed by atoms with Crippen LogP contribution in [0.3, 0.4) is 0 Å². The predicted octanol–water partition coefficient (Wildman–Crippen LogP) is 9.91. The first-order chi connectivity index (χ1) is 16.6. The molecule has 37 heavy (non-hydrogen) atoms. The van der Waals surface area contributed by atoms with Crippen LogP contribution in [0.5, 0.6) is 0 Å². The quantitative estimate of drug-likeness (QED) is 0.169. The second-order valence-corrected chi connectivity index (χ2v) is 11.0. The molecule has 0 bridgehead atoms. The number of hydrogen-bond acceptors (Lipinski definition) is 0. The second-order valence-electron chi connectivity index (χ2n) is 10.5. The fourth-order valence-electron chi connectivity index (χ4n) is 3.74. The van der Waals surface area contributed by atoms with Crippen molar-refractivity contribution in [3.8, 4) is 11.1 Å². The van der Waals surface area contributed by atoms with Crippen LogP contribution in [0.4, 0.5) is 0 Å². The molecule has 3 aromatic rings. The molecular weight excluding hydrogens is 594 g/mol. The molecule has 0 nitrogen and oxygen atoms in total. The molecule has 0 saturated carbocycles. The summed E-state index contributed by atoms with van der Waals surface area (Å²) in [7, 11) is 0. The fourth-order valence-corrected chi connectivity index (χ4v) is 3.88. The molecule has 0 radical (unpaired) electrons. The summed E-state index contributed by atoms with van der Waals surface area (Å²) in [5.41, 5.74) is 8.70. The Hall–Kier alpha value is -1.24. The zero-order chi connectivity index (χ0) is 26.1. The van der Waals surface area contributed by atoms with Crippen molar-refractivity contribution in [2.75, 3.05) is 0 Å². The molecule has 3 aromatic carbocycles. The molecule has 0 saturated heterocycles. The van der Waals surface area contributed by atoms with Crippen LogP contribution in [0, 0.1) is 18.2 Å². The Kier molecular flexibility index (Phi) is 16.1. The average Bonchev–Trinajstić information content (AvgIpc) is 3.51. The molecule has 2 aliphatic carbocycles. The number of benzene rings is 3. The van der Waals surface area contributed by atoms with Crippen molar-refractivity contribution in [2.24, 2.45) is 0 Å². The van der Waals surface area contributed by atoms with Crippen molar-refractivity contribution < 1.29 is 24.2 Å². The van der Waals surface area contributed by atoms with Gasteiger partial charge in [0.2, 0.25) is 0 Å². The third kappa shape index (κ3) is 11.2. The van der Waals surface area contributed by atoms with Crippen LogP contribution >= 0.6 is 36.4 Å². The number of halogens is 3. The van der Waals surface area contributed by atoms with Crippen LogP contribution in [-0.2, 0) is 41.5 Å². The van der Waals surface area contributed by atoms with Gasteiger partial charge in [0, 0.05) is 0 Å². The Morgan fingerprint density at radius 2 is 1.57 bits per heavy atom. The molecule has 0 aliphatic heterocycles. The third-order valence-corrected chi connectivity index (χ3v) is 5.95. The normalized spacial score (nSPS) is 12.1. The second kappa shape index (κ2) is 16.7. The predicted molar refractivity (Wildman–Crippen MR) is 164 cm³/mol. The fraction of sp³-hybridized carbons (Fsp3) is 0.303. The zero-order valence-corrected chi connectivity index (χ0v) is 27.6. The van der Waals surface area contributed by atoms with E-state index in [-0.39, 0.29) is 35.6 Å². The SMILES string of the molecule is CC(C)(C)c1[c-]c2c(cc1)-c1ccc(C(C)(C)C)cc1C2.Cl.Cl.Clc1c[c-]ccc1.[C-]1=CC=CC1.[CH2]=[Zr]. The van der Waals surface area contributed by atoms with Gasteiger partial charge in [0.15, 0.2) is 0 Å². The van der Waals surface area contributed by atoms with Crippen molar-refractivity contribution in [1.29, 1.82) is 0 Å². The molecule has 5 rings (SSSR count). The van der Waals surface area contributed by atoms with Gasteiger partial charge in [-0.2, -0.15) is 71.8 Å². The average molecular weight is 632 g/mol. The first-order valence-corrected chi connectivity index (χ1v) is 14.1. The summed E-state index contributed by atoms with van der Waals surface area (Å²) in [5.74, 6) is 0. The van der Waals surface area contributed by atoms with E-state index in [1.807, 2.05) is 30.4 Å². The number of rotatable bonds is 0. The molecule has 0 aromatic heterocycles. The van der Waals surface area contributed by atoms with Gasteiger partial charge in [-0.05, 0) is 28.4 Å². The number of fused-ring (bicyclic) bond motifs is 3. The van der Waals surface area contributed by atoms with E-state index < -0.39 is 0 Å². The Morgan fingerprint density at radius 3 is 2.00 bits per heavy atom. The van der Waals surface area contributed by atoms with E-state index >= 15 is 0 Å². The van der Waals surface area contributed by atoms with Gasteiger partial charge in [-0.1, -0.05) is 70.3 Å². The van der Waals surface area contributed by atoms with E-state index in [4.69, 9.17) is 11.6 Å². The minimum absolute atomic E-state index is 0. The van der Waals surface area contributed by atoms with Crippen LogP contribution in [0.25, 0.3) is 11.1 Å². The third-order valence-electron chi connectivity index (χ3n) is 5.72. The zero-order valence-electron chi connectivity index (χ0n) is 22.7. The van der Waals surface area contributed by atoms with E-state index in [0.717, 1.165) is 17.9 Å². The maximum absolute atomic E-state index is 5.51. The van der Waals surface area contributed by atoms with Gasteiger partial charge in [0.25, 0.3) is 0 Å². The summed E-state index contributed by atoms with van der Waals surface area (Å²) in [6.45, 7) is 13.6. The van der Waals surface area contributed by atoms with E-state index in [1.165, 1.54) is 57.6 Å². The summed E-state index contributed by atoms with van der Waals surface area (Å²) in [6, 6.07) is 25.2. The van der Waals surface area contributed by atoms with Gasteiger partial charge < -0.3 is 0 Å². The van der Waals surface area contributed by atoms with Crippen LogP contribution in [-0.4, -0.2) is 4.21 Å². The van der Waals surface area contributed by atoms with Gasteiger partial charge in [-0.15, -0.1) is 42.4 Å².